The first-order valence-corrected chi connectivity index (χ1v) is 6.03. The van der Waals surface area contributed by atoms with Gasteiger partial charge in [0.25, 0.3) is 0 Å². The maximum atomic E-state index is 12.0. The predicted octanol–water partition coefficient (Wildman–Crippen LogP) is 1.97. The molecule has 2 unspecified atom stereocenters. The van der Waals surface area contributed by atoms with E-state index in [9.17, 15) is 4.79 Å². The fraction of sp³-hybridized carbons (Fsp3) is 0.615. The van der Waals surface area contributed by atoms with E-state index in [1.165, 1.54) is 18.4 Å². The van der Waals surface area contributed by atoms with E-state index in [4.69, 9.17) is 0 Å². The number of hydrogen-bond acceptors (Lipinski definition) is 2. The molecule has 2 heteroatoms. The summed E-state index contributed by atoms with van der Waals surface area (Å²) < 4.78 is 0. The molecule has 0 bridgehead atoms. The van der Waals surface area contributed by atoms with Gasteiger partial charge in [0.05, 0.1) is 0 Å². The van der Waals surface area contributed by atoms with Crippen molar-refractivity contribution in [1.29, 1.82) is 0 Å². The van der Waals surface area contributed by atoms with Gasteiger partial charge in [-0.3, -0.25) is 4.79 Å². The van der Waals surface area contributed by atoms with Gasteiger partial charge in [0, 0.05) is 24.6 Å². The van der Waals surface area contributed by atoms with Gasteiger partial charge in [-0.15, -0.1) is 0 Å². The van der Waals surface area contributed by atoms with E-state index in [-0.39, 0.29) is 0 Å². The first-order valence-electron chi connectivity index (χ1n) is 6.03. The van der Waals surface area contributed by atoms with Crippen LogP contribution in [0, 0.1) is 5.92 Å². The van der Waals surface area contributed by atoms with Crippen molar-refractivity contribution >= 4 is 5.78 Å². The van der Waals surface area contributed by atoms with Gasteiger partial charge in [0.15, 0.2) is 5.78 Å². The van der Waals surface area contributed by atoms with Crippen molar-refractivity contribution in [3.63, 3.8) is 0 Å². The number of nitrogens with one attached hydrogen (secondary N) is 1. The fourth-order valence-corrected chi connectivity index (χ4v) is 3.11. The highest BCUT2D eigenvalue weighted by molar-refractivity contribution is 5.98. The predicted molar refractivity (Wildman–Crippen MR) is 59.5 cm³/mol. The summed E-state index contributed by atoms with van der Waals surface area (Å²) in [5.41, 5.74) is 2.48. The number of hydrogen-bond donors (Lipinski definition) is 1. The molecule has 1 N–H and O–H groups in total. The largest absolute Gasteiger partial charge is 0.309 e. The molecule has 2 nitrogen and oxygen atoms in total. The summed E-state index contributed by atoms with van der Waals surface area (Å²) in [5.74, 6) is 0.994. The number of carbonyl (C=O) groups is 1. The average molecular weight is 203 g/mol. The zero-order valence-corrected chi connectivity index (χ0v) is 8.96. The summed E-state index contributed by atoms with van der Waals surface area (Å²) in [4.78, 5) is 12.0. The number of allylic oxidation sites excluding steroid dienone is 2. The van der Waals surface area contributed by atoms with E-state index in [1.54, 1.807) is 0 Å². The lowest BCUT2D eigenvalue weighted by molar-refractivity contribution is -0.117. The second-order valence-corrected chi connectivity index (χ2v) is 4.82. The Balaban J connectivity index is 2.06. The minimum absolute atomic E-state index is 0.361. The quantitative estimate of drug-likeness (QED) is 0.652. The molecule has 0 amide bonds. The van der Waals surface area contributed by atoms with E-state index in [2.05, 4.69) is 17.5 Å². The molecule has 0 aromatic heterocycles. The van der Waals surface area contributed by atoms with Crippen molar-refractivity contribution in [2.24, 2.45) is 5.92 Å². The van der Waals surface area contributed by atoms with Crippen LogP contribution in [0.3, 0.4) is 0 Å². The van der Waals surface area contributed by atoms with Crippen LogP contribution < -0.4 is 5.32 Å². The Labute approximate surface area is 90.4 Å². The second-order valence-electron chi connectivity index (χ2n) is 4.82. The molecule has 0 aromatic carbocycles. The highest BCUT2D eigenvalue weighted by Gasteiger charge is 2.34. The highest BCUT2D eigenvalue weighted by atomic mass is 16.1. The first kappa shape index (κ1) is 9.34. The molecule has 15 heavy (non-hydrogen) atoms. The highest BCUT2D eigenvalue weighted by Crippen LogP contribution is 2.35. The van der Waals surface area contributed by atoms with Gasteiger partial charge >= 0.3 is 0 Å². The Hall–Kier alpha value is -0.890. The third-order valence-corrected chi connectivity index (χ3v) is 3.89. The third kappa shape index (κ3) is 1.48. The van der Waals surface area contributed by atoms with Gasteiger partial charge < -0.3 is 5.32 Å². The van der Waals surface area contributed by atoms with Gasteiger partial charge in [-0.25, -0.2) is 0 Å². The number of ketones is 1. The monoisotopic (exact) mass is 203 g/mol. The van der Waals surface area contributed by atoms with Crippen LogP contribution in [-0.4, -0.2) is 18.4 Å². The van der Waals surface area contributed by atoms with E-state index < -0.39 is 0 Å². The number of fused-ring (bicyclic) bond motifs is 2. The summed E-state index contributed by atoms with van der Waals surface area (Å²) >= 11 is 0. The molecule has 1 heterocycles. The van der Waals surface area contributed by atoms with Crippen molar-refractivity contribution < 1.29 is 4.79 Å². The minimum atomic E-state index is 0.361. The Morgan fingerprint density at radius 1 is 1.33 bits per heavy atom. The molecule has 3 aliphatic rings. The molecular formula is C13H17NO. The summed E-state index contributed by atoms with van der Waals surface area (Å²) in [6.45, 7) is 1.07. The average Bonchev–Trinajstić information content (AvgIpc) is 2.29. The Bertz CT molecular complexity index is 354. The molecule has 2 atom stereocenters. The fourth-order valence-electron chi connectivity index (χ4n) is 3.11. The zero-order chi connectivity index (χ0) is 10.3. The number of carbonyl (C=O) groups excluding carboxylic acids is 1. The zero-order valence-electron chi connectivity index (χ0n) is 8.96. The molecule has 3 rings (SSSR count). The van der Waals surface area contributed by atoms with Crippen LogP contribution >= 0.6 is 0 Å². The summed E-state index contributed by atoms with van der Waals surface area (Å²) in [6, 6.07) is 0.361. The van der Waals surface area contributed by atoms with E-state index in [0.29, 0.717) is 17.7 Å². The van der Waals surface area contributed by atoms with Gasteiger partial charge in [-0.1, -0.05) is 12.2 Å². The Morgan fingerprint density at radius 3 is 3.20 bits per heavy atom. The smallest absolute Gasteiger partial charge is 0.160 e. The van der Waals surface area contributed by atoms with Crippen LogP contribution in [0.5, 0.6) is 0 Å². The van der Waals surface area contributed by atoms with Crippen LogP contribution in [-0.2, 0) is 4.79 Å². The molecule has 0 aromatic rings. The molecule has 1 fully saturated rings. The molecule has 2 aliphatic carbocycles. The van der Waals surface area contributed by atoms with Crippen LogP contribution in [0.1, 0.15) is 32.1 Å². The van der Waals surface area contributed by atoms with Crippen LogP contribution in [0.15, 0.2) is 23.3 Å². The maximum Gasteiger partial charge on any atom is 0.160 e. The van der Waals surface area contributed by atoms with Crippen molar-refractivity contribution in [3.8, 4) is 0 Å². The summed E-state index contributed by atoms with van der Waals surface area (Å²) in [6.07, 6.45) is 9.78. The van der Waals surface area contributed by atoms with Gasteiger partial charge in [-0.05, 0) is 37.2 Å². The molecule has 0 radical (unpaired) electrons. The molecule has 1 saturated carbocycles. The number of rotatable bonds is 0. The van der Waals surface area contributed by atoms with Crippen molar-refractivity contribution in [3.05, 3.63) is 23.3 Å². The van der Waals surface area contributed by atoms with E-state index >= 15 is 0 Å². The standard InChI is InChI=1S/C13H17NO/c15-12-7-3-6-11-13(12)10-5-2-1-4-9(10)8-14-11/h2,5,9,11,14H,1,3-4,6-8H2. The normalized spacial score (nSPS) is 35.1. The van der Waals surface area contributed by atoms with Crippen LogP contribution in [0.25, 0.3) is 0 Å². The maximum absolute atomic E-state index is 12.0. The Kier molecular flexibility index (Phi) is 2.24. The van der Waals surface area contributed by atoms with Crippen molar-refractivity contribution in [2.45, 2.75) is 38.1 Å². The minimum Gasteiger partial charge on any atom is -0.309 e. The molecule has 0 saturated heterocycles. The van der Waals surface area contributed by atoms with Gasteiger partial charge in [0.1, 0.15) is 0 Å². The summed E-state index contributed by atoms with van der Waals surface area (Å²) in [5, 5.41) is 3.54. The van der Waals surface area contributed by atoms with Gasteiger partial charge in [0.2, 0.25) is 0 Å². The van der Waals surface area contributed by atoms with E-state index in [0.717, 1.165) is 31.4 Å². The lowest BCUT2D eigenvalue weighted by Crippen LogP contribution is -2.45. The number of Topliss-reactive ketones (excluding diaryl/α,β-unsaturated/α-hetero) is 1. The van der Waals surface area contributed by atoms with Crippen molar-refractivity contribution in [2.75, 3.05) is 6.54 Å². The van der Waals surface area contributed by atoms with Crippen molar-refractivity contribution in [1.82, 2.24) is 5.32 Å². The second kappa shape index (κ2) is 3.60. The van der Waals surface area contributed by atoms with Gasteiger partial charge in [-0.2, -0.15) is 0 Å². The first-order chi connectivity index (χ1) is 7.36. The molecular weight excluding hydrogens is 186 g/mol. The lowest BCUT2D eigenvalue weighted by atomic mass is 9.75. The molecule has 80 valence electrons. The Morgan fingerprint density at radius 2 is 2.27 bits per heavy atom. The van der Waals surface area contributed by atoms with Crippen LogP contribution in [0.2, 0.25) is 0 Å². The molecule has 1 aliphatic heterocycles. The third-order valence-electron chi connectivity index (χ3n) is 3.89. The SMILES string of the molecule is O=C1CCCC2NCC3CCC=CC3=C12. The van der Waals surface area contributed by atoms with E-state index in [1.807, 2.05) is 0 Å². The van der Waals surface area contributed by atoms with Crippen LogP contribution in [0.4, 0.5) is 0 Å². The topological polar surface area (TPSA) is 29.1 Å². The summed E-state index contributed by atoms with van der Waals surface area (Å²) in [7, 11) is 0. The molecule has 0 spiro atoms. The lowest BCUT2D eigenvalue weighted by Gasteiger charge is -2.37.